The molecule has 3 aromatic rings. The number of thiophene rings is 1. The molecule has 0 aliphatic heterocycles. The Kier molecular flexibility index (Phi) is 11.1. The maximum Gasteiger partial charge on any atom is 0.348 e. The minimum Gasteiger partial charge on any atom is -0.484 e. The number of thioether (sulfide) groups is 1. The maximum absolute atomic E-state index is 13.1. The monoisotopic (exact) mass is 589 g/mol. The van der Waals surface area contributed by atoms with Crippen LogP contribution in [0.4, 0.5) is 5.00 Å². The number of nitrogens with zero attached hydrogens (tertiary/aromatic N) is 3. The molecule has 2 heterocycles. The lowest BCUT2D eigenvalue weighted by molar-refractivity contribution is -0.123. The van der Waals surface area contributed by atoms with E-state index in [9.17, 15) is 19.2 Å². The van der Waals surface area contributed by atoms with Gasteiger partial charge >= 0.3 is 11.9 Å². The van der Waals surface area contributed by atoms with Crippen LogP contribution < -0.4 is 15.4 Å². The number of carbonyl (C=O) groups is 4. The molecule has 2 N–H and O–H groups in total. The van der Waals surface area contributed by atoms with Crippen molar-refractivity contribution in [1.29, 1.82) is 0 Å². The normalized spacial score (nSPS) is 11.4. The van der Waals surface area contributed by atoms with Crippen molar-refractivity contribution in [2.24, 2.45) is 7.05 Å². The summed E-state index contributed by atoms with van der Waals surface area (Å²) in [6, 6.07) is 9.00. The van der Waals surface area contributed by atoms with Crippen LogP contribution in [0.25, 0.3) is 0 Å². The van der Waals surface area contributed by atoms with Crippen molar-refractivity contribution in [3.8, 4) is 5.75 Å². The molecule has 0 unspecified atom stereocenters. The van der Waals surface area contributed by atoms with E-state index in [-0.39, 0.29) is 47.7 Å². The molecule has 0 fully saturated rings. The summed E-state index contributed by atoms with van der Waals surface area (Å²) in [6.07, 6.45) is 0. The molecule has 0 aliphatic rings. The number of ether oxygens (including phenoxy) is 3. The number of para-hydroxylation sites is 1. The Balaban J connectivity index is 1.62. The van der Waals surface area contributed by atoms with E-state index in [1.54, 1.807) is 51.4 Å². The molecule has 0 saturated heterocycles. The topological polar surface area (TPSA) is 151 Å². The summed E-state index contributed by atoms with van der Waals surface area (Å²) >= 11 is 2.11. The molecule has 0 spiro atoms. The van der Waals surface area contributed by atoms with Crippen LogP contribution in [0.2, 0.25) is 0 Å². The Bertz CT molecular complexity index is 1360. The number of hydrogen-bond acceptors (Lipinski definition) is 11. The number of anilines is 1. The second-order valence-electron chi connectivity index (χ2n) is 8.29. The van der Waals surface area contributed by atoms with Crippen molar-refractivity contribution >= 4 is 51.9 Å². The van der Waals surface area contributed by atoms with Crippen LogP contribution in [0.15, 0.2) is 35.5 Å². The van der Waals surface area contributed by atoms with Gasteiger partial charge in [-0.05, 0) is 45.4 Å². The molecule has 0 radical (unpaired) electrons. The average Bonchev–Trinajstić information content (AvgIpc) is 3.45. The zero-order valence-electron chi connectivity index (χ0n) is 22.8. The average molecular weight is 590 g/mol. The summed E-state index contributed by atoms with van der Waals surface area (Å²) in [4.78, 5) is 50.4. The van der Waals surface area contributed by atoms with Gasteiger partial charge in [0.1, 0.15) is 15.6 Å². The third-order valence-corrected chi connectivity index (χ3v) is 7.78. The number of hydrogen-bond donors (Lipinski definition) is 2. The molecule has 1 atom stereocenters. The summed E-state index contributed by atoms with van der Waals surface area (Å²) < 4.78 is 17.3. The van der Waals surface area contributed by atoms with Crippen molar-refractivity contribution in [1.82, 2.24) is 20.1 Å². The van der Waals surface area contributed by atoms with Gasteiger partial charge in [0.25, 0.3) is 5.91 Å². The largest absolute Gasteiger partial charge is 0.484 e. The van der Waals surface area contributed by atoms with Gasteiger partial charge in [0.2, 0.25) is 5.91 Å². The van der Waals surface area contributed by atoms with Crippen LogP contribution in [0.1, 0.15) is 52.2 Å². The van der Waals surface area contributed by atoms with Gasteiger partial charge in [-0.25, -0.2) is 9.59 Å². The van der Waals surface area contributed by atoms with Gasteiger partial charge in [-0.15, -0.1) is 21.5 Å². The molecule has 12 nitrogen and oxygen atoms in total. The lowest BCUT2D eigenvalue weighted by atomic mass is 10.1. The van der Waals surface area contributed by atoms with Crippen LogP contribution >= 0.6 is 23.1 Å². The highest BCUT2D eigenvalue weighted by Gasteiger charge is 2.29. The van der Waals surface area contributed by atoms with Crippen LogP contribution in [0, 0.1) is 6.92 Å². The van der Waals surface area contributed by atoms with Gasteiger partial charge in [0, 0.05) is 7.05 Å². The highest BCUT2D eigenvalue weighted by atomic mass is 32.2. The van der Waals surface area contributed by atoms with Crippen LogP contribution in [-0.2, 0) is 32.7 Å². The Morgan fingerprint density at radius 2 is 1.73 bits per heavy atom. The molecule has 0 saturated carbocycles. The van der Waals surface area contributed by atoms with E-state index < -0.39 is 23.1 Å². The SMILES string of the molecule is CCOC(=O)c1sc(NC(=O)[C@@H](C)Sc2nnc(CNC(=O)COc3ccccc3)n2C)c(C(=O)OCC)c1C. The third-order valence-electron chi connectivity index (χ3n) is 5.46. The highest BCUT2D eigenvalue weighted by Crippen LogP contribution is 2.35. The first-order chi connectivity index (χ1) is 19.2. The van der Waals surface area contributed by atoms with Gasteiger partial charge in [-0.1, -0.05) is 30.0 Å². The maximum atomic E-state index is 13.1. The quantitative estimate of drug-likeness (QED) is 0.224. The number of aromatic nitrogens is 3. The number of nitrogens with one attached hydrogen (secondary N) is 2. The first-order valence-corrected chi connectivity index (χ1v) is 14.1. The lowest BCUT2D eigenvalue weighted by Gasteiger charge is -2.12. The van der Waals surface area contributed by atoms with Crippen molar-refractivity contribution in [2.75, 3.05) is 25.1 Å². The number of rotatable bonds is 13. The highest BCUT2D eigenvalue weighted by molar-refractivity contribution is 8.00. The van der Waals surface area contributed by atoms with E-state index in [4.69, 9.17) is 14.2 Å². The number of esters is 2. The minimum absolute atomic E-state index is 0.119. The summed E-state index contributed by atoms with van der Waals surface area (Å²) in [5.74, 6) is -0.879. The third kappa shape index (κ3) is 7.82. The summed E-state index contributed by atoms with van der Waals surface area (Å²) in [5.41, 5.74) is 0.500. The summed E-state index contributed by atoms with van der Waals surface area (Å²) in [7, 11) is 1.72. The predicted molar refractivity (Wildman–Crippen MR) is 150 cm³/mol. The van der Waals surface area contributed by atoms with Crippen molar-refractivity contribution in [3.05, 3.63) is 52.2 Å². The Morgan fingerprint density at radius 3 is 2.40 bits per heavy atom. The van der Waals surface area contributed by atoms with Crippen molar-refractivity contribution in [3.63, 3.8) is 0 Å². The van der Waals surface area contributed by atoms with E-state index >= 15 is 0 Å². The van der Waals surface area contributed by atoms with E-state index in [0.29, 0.717) is 22.3 Å². The molecule has 14 heteroatoms. The van der Waals surface area contributed by atoms with Gasteiger partial charge in [0.15, 0.2) is 17.6 Å². The van der Waals surface area contributed by atoms with Gasteiger partial charge < -0.3 is 29.4 Å². The zero-order chi connectivity index (χ0) is 29.2. The summed E-state index contributed by atoms with van der Waals surface area (Å²) in [5, 5.41) is 13.7. The fourth-order valence-corrected chi connectivity index (χ4v) is 5.29. The minimum atomic E-state index is -0.645. The number of benzene rings is 1. The van der Waals surface area contributed by atoms with E-state index in [0.717, 1.165) is 23.1 Å². The molecule has 2 aromatic heterocycles. The number of carbonyl (C=O) groups excluding carboxylic acids is 4. The van der Waals surface area contributed by atoms with Crippen LogP contribution in [-0.4, -0.2) is 63.6 Å². The smallest absolute Gasteiger partial charge is 0.348 e. The van der Waals surface area contributed by atoms with E-state index in [1.807, 2.05) is 18.2 Å². The van der Waals surface area contributed by atoms with E-state index in [2.05, 4.69) is 20.8 Å². The first-order valence-electron chi connectivity index (χ1n) is 12.4. The standard InChI is InChI=1S/C26H31N5O7S2/c1-6-36-24(34)20-15(3)21(25(35)37-7-2)40-23(20)28-22(33)16(4)39-26-30-29-18(31(26)5)13-27-19(32)14-38-17-11-9-8-10-12-17/h8-12,16H,6-7,13-14H2,1-5H3,(H,27,32)(H,28,33)/t16-/m1/s1. The Labute approximate surface area is 239 Å². The Morgan fingerprint density at radius 1 is 1.05 bits per heavy atom. The van der Waals surface area contributed by atoms with Gasteiger partial charge in [-0.3, -0.25) is 9.59 Å². The molecular weight excluding hydrogens is 558 g/mol. The molecule has 0 bridgehead atoms. The van der Waals surface area contributed by atoms with Gasteiger partial charge in [0.05, 0.1) is 30.6 Å². The number of amides is 2. The lowest BCUT2D eigenvalue weighted by Crippen LogP contribution is -2.29. The second-order valence-corrected chi connectivity index (χ2v) is 10.6. The van der Waals surface area contributed by atoms with Gasteiger partial charge in [-0.2, -0.15) is 0 Å². The van der Waals surface area contributed by atoms with E-state index in [1.165, 1.54) is 0 Å². The molecular formula is C26H31N5O7S2. The van der Waals surface area contributed by atoms with Crippen LogP contribution in [0.3, 0.4) is 0 Å². The Hall–Kier alpha value is -3.91. The predicted octanol–water partition coefficient (Wildman–Crippen LogP) is 3.35. The molecule has 2 amide bonds. The zero-order valence-corrected chi connectivity index (χ0v) is 24.4. The molecule has 3 rings (SSSR count). The molecule has 0 aliphatic carbocycles. The molecule has 214 valence electrons. The fraction of sp³-hybridized carbons (Fsp3) is 0.385. The van der Waals surface area contributed by atoms with Crippen LogP contribution in [0.5, 0.6) is 5.75 Å². The first kappa shape index (κ1) is 30.6. The second kappa shape index (κ2) is 14.5. The molecule has 1 aromatic carbocycles. The fourth-order valence-electron chi connectivity index (χ4n) is 3.36. The summed E-state index contributed by atoms with van der Waals surface area (Å²) in [6.45, 7) is 6.92. The molecule has 40 heavy (non-hydrogen) atoms. The van der Waals surface area contributed by atoms with Crippen molar-refractivity contribution < 1.29 is 33.4 Å². The van der Waals surface area contributed by atoms with Crippen molar-refractivity contribution in [2.45, 2.75) is 44.6 Å².